The van der Waals surface area contributed by atoms with Gasteiger partial charge in [0.2, 0.25) is 0 Å². The molecule has 6 radical (unpaired) electrons. The molecule has 11 aromatic rings. The molecular weight excluding hydrogens is 709 g/mol. The second-order valence-corrected chi connectivity index (χ2v) is 15.1. The Hall–Kier alpha value is -7.23. The van der Waals surface area contributed by atoms with E-state index in [0.29, 0.717) is 16.4 Å². The van der Waals surface area contributed by atoms with Crippen LogP contribution in [-0.4, -0.2) is 32.7 Å². The highest BCUT2D eigenvalue weighted by atomic mass is 15.0. The first-order chi connectivity index (χ1) is 29.1. The number of rotatable bonds is 6. The molecular formula is C54H33B3N2. The second-order valence-electron chi connectivity index (χ2n) is 15.1. The van der Waals surface area contributed by atoms with E-state index in [2.05, 4.69) is 179 Å². The maximum atomic E-state index is 7.45. The Balaban J connectivity index is 1.15. The van der Waals surface area contributed by atoms with Crippen molar-refractivity contribution in [3.63, 3.8) is 0 Å². The molecule has 0 aliphatic carbocycles. The molecule has 0 aliphatic heterocycles. The van der Waals surface area contributed by atoms with Crippen LogP contribution in [0.5, 0.6) is 0 Å². The molecule has 9 aromatic carbocycles. The summed E-state index contributed by atoms with van der Waals surface area (Å²) in [5.41, 5.74) is 16.1. The van der Waals surface area contributed by atoms with Crippen LogP contribution in [0.1, 0.15) is 0 Å². The van der Waals surface area contributed by atoms with Crippen LogP contribution in [0.15, 0.2) is 200 Å². The summed E-state index contributed by atoms with van der Waals surface area (Å²) < 4.78 is 4.57. The van der Waals surface area contributed by atoms with E-state index in [-0.39, 0.29) is 0 Å². The molecule has 0 spiro atoms. The summed E-state index contributed by atoms with van der Waals surface area (Å²) in [7, 11) is 21.9. The molecule has 2 heterocycles. The largest absolute Gasteiger partial charge is 0.309 e. The SMILES string of the molecule is [B]c1c(-c2ccc3c(c2)c2ccccc2n3-c2ccc(-c3ccccc3)cc2)c([B])c2c3cccc(-c4ccccc4-c4ccccc4)c3n(-c3ccccc3)c2c1[B]. The first-order valence-corrected chi connectivity index (χ1v) is 19.9. The zero-order chi connectivity index (χ0) is 39.6. The van der Waals surface area contributed by atoms with Gasteiger partial charge in [0.15, 0.2) is 0 Å². The monoisotopic (exact) mass is 742 g/mol. The number of fused-ring (bicyclic) bond motifs is 6. The van der Waals surface area contributed by atoms with E-state index in [1.807, 2.05) is 30.3 Å². The molecule has 11 rings (SSSR count). The standard InChI is InChI=1S/C54H33B3N2/c55-50-48(37-29-32-47-45(33-37)42-23-12-13-26-46(42)58(47)39-30-27-35(28-31-39)34-15-4-1-5-16-34)51(56)52(57)54-49(50)44-25-14-24-43(53(44)59(54)38-19-8-3-9-20-38)41-22-11-10-21-40(41)36-17-6-2-7-18-36/h1-33H. The van der Waals surface area contributed by atoms with Crippen molar-refractivity contribution in [2.45, 2.75) is 0 Å². The molecule has 0 amide bonds. The van der Waals surface area contributed by atoms with Crippen molar-refractivity contribution in [1.82, 2.24) is 9.13 Å². The fourth-order valence-corrected chi connectivity index (χ4v) is 9.19. The van der Waals surface area contributed by atoms with Gasteiger partial charge in [0.05, 0.1) is 16.6 Å². The summed E-state index contributed by atoms with van der Waals surface area (Å²) >= 11 is 0. The topological polar surface area (TPSA) is 9.86 Å². The molecule has 0 unspecified atom stereocenters. The fourth-order valence-electron chi connectivity index (χ4n) is 9.19. The minimum atomic E-state index is 0.459. The lowest BCUT2D eigenvalue weighted by molar-refractivity contribution is 1.18. The summed E-state index contributed by atoms with van der Waals surface area (Å²) in [6.45, 7) is 0. The third-order valence-electron chi connectivity index (χ3n) is 11.9. The van der Waals surface area contributed by atoms with E-state index in [0.717, 1.165) is 88.4 Å². The lowest BCUT2D eigenvalue weighted by Gasteiger charge is -2.19. The Kier molecular flexibility index (Phi) is 8.30. The second kappa shape index (κ2) is 14.0. The van der Waals surface area contributed by atoms with Gasteiger partial charge in [-0.2, -0.15) is 0 Å². The molecule has 0 saturated heterocycles. The predicted molar refractivity (Wildman–Crippen MR) is 253 cm³/mol. The van der Waals surface area contributed by atoms with Gasteiger partial charge in [-0.15, -0.1) is 0 Å². The first kappa shape index (κ1) is 35.0. The number of para-hydroxylation sites is 3. The van der Waals surface area contributed by atoms with Crippen LogP contribution in [0, 0.1) is 0 Å². The number of aromatic nitrogens is 2. The molecule has 0 N–H and O–H groups in total. The molecule has 5 heteroatoms. The van der Waals surface area contributed by atoms with Crippen LogP contribution in [0.3, 0.4) is 0 Å². The number of benzene rings is 9. The van der Waals surface area contributed by atoms with Crippen molar-refractivity contribution in [2.75, 3.05) is 0 Å². The van der Waals surface area contributed by atoms with Crippen molar-refractivity contribution >= 4 is 83.5 Å². The van der Waals surface area contributed by atoms with Gasteiger partial charge in [0, 0.05) is 44.0 Å². The highest BCUT2D eigenvalue weighted by molar-refractivity contribution is 6.60. The van der Waals surface area contributed by atoms with E-state index in [1.54, 1.807) is 0 Å². The average Bonchev–Trinajstić information content (AvgIpc) is 3.83. The lowest BCUT2D eigenvalue weighted by Crippen LogP contribution is -2.35. The maximum Gasteiger partial charge on any atom is 0.115 e. The molecule has 2 nitrogen and oxygen atoms in total. The third kappa shape index (κ3) is 5.53. The molecule has 0 saturated carbocycles. The van der Waals surface area contributed by atoms with Crippen molar-refractivity contribution in [1.29, 1.82) is 0 Å². The third-order valence-corrected chi connectivity index (χ3v) is 11.9. The van der Waals surface area contributed by atoms with Crippen LogP contribution < -0.4 is 16.4 Å². The van der Waals surface area contributed by atoms with Crippen LogP contribution in [-0.2, 0) is 0 Å². The molecule has 0 bridgehead atoms. The molecule has 0 fully saturated rings. The highest BCUT2D eigenvalue weighted by Crippen LogP contribution is 2.42. The van der Waals surface area contributed by atoms with E-state index in [4.69, 9.17) is 23.5 Å². The lowest BCUT2D eigenvalue weighted by atomic mass is 9.69. The Morgan fingerprint density at radius 2 is 0.847 bits per heavy atom. The van der Waals surface area contributed by atoms with Gasteiger partial charge in [-0.25, -0.2) is 0 Å². The molecule has 59 heavy (non-hydrogen) atoms. The first-order valence-electron chi connectivity index (χ1n) is 19.9. The van der Waals surface area contributed by atoms with Crippen LogP contribution in [0.25, 0.3) is 99.5 Å². The Morgan fingerprint density at radius 1 is 0.305 bits per heavy atom. The van der Waals surface area contributed by atoms with E-state index >= 15 is 0 Å². The maximum absolute atomic E-state index is 7.45. The number of hydrogen-bond acceptors (Lipinski definition) is 0. The average molecular weight is 742 g/mol. The van der Waals surface area contributed by atoms with E-state index in [1.165, 1.54) is 11.1 Å². The Bertz CT molecular complexity index is 3390. The molecule has 2 aromatic heterocycles. The van der Waals surface area contributed by atoms with Crippen LogP contribution >= 0.6 is 0 Å². The summed E-state index contributed by atoms with van der Waals surface area (Å²) in [6.07, 6.45) is 0. The van der Waals surface area contributed by atoms with Gasteiger partial charge < -0.3 is 9.13 Å². The minimum Gasteiger partial charge on any atom is -0.309 e. The van der Waals surface area contributed by atoms with Crippen molar-refractivity contribution in [3.8, 4) is 55.9 Å². The van der Waals surface area contributed by atoms with Crippen molar-refractivity contribution < 1.29 is 0 Å². The van der Waals surface area contributed by atoms with Gasteiger partial charge in [0.1, 0.15) is 23.5 Å². The van der Waals surface area contributed by atoms with Gasteiger partial charge in [-0.1, -0.05) is 174 Å². The van der Waals surface area contributed by atoms with E-state index < -0.39 is 0 Å². The zero-order valence-corrected chi connectivity index (χ0v) is 32.2. The molecule has 0 atom stereocenters. The predicted octanol–water partition coefficient (Wildman–Crippen LogP) is 10.9. The summed E-state index contributed by atoms with van der Waals surface area (Å²) in [5.74, 6) is 0. The van der Waals surface area contributed by atoms with Crippen LogP contribution in [0.4, 0.5) is 0 Å². The van der Waals surface area contributed by atoms with Crippen LogP contribution in [0.2, 0.25) is 0 Å². The Morgan fingerprint density at radius 3 is 1.59 bits per heavy atom. The minimum absolute atomic E-state index is 0.459. The fraction of sp³-hybridized carbons (Fsp3) is 0. The van der Waals surface area contributed by atoms with Crippen molar-refractivity contribution in [2.24, 2.45) is 0 Å². The molecule has 268 valence electrons. The number of hydrogen-bond donors (Lipinski definition) is 0. The van der Waals surface area contributed by atoms with Gasteiger partial charge in [0.25, 0.3) is 0 Å². The van der Waals surface area contributed by atoms with Gasteiger partial charge in [-0.3, -0.25) is 0 Å². The van der Waals surface area contributed by atoms with Crippen molar-refractivity contribution in [3.05, 3.63) is 200 Å². The summed E-state index contributed by atoms with van der Waals surface area (Å²) in [4.78, 5) is 0. The van der Waals surface area contributed by atoms with Gasteiger partial charge >= 0.3 is 0 Å². The smallest absolute Gasteiger partial charge is 0.115 e. The van der Waals surface area contributed by atoms with E-state index in [9.17, 15) is 0 Å². The quantitative estimate of drug-likeness (QED) is 0.150. The Labute approximate surface area is 347 Å². The number of nitrogens with zero attached hydrogens (tertiary/aromatic N) is 2. The summed E-state index contributed by atoms with van der Waals surface area (Å²) in [6, 6.07) is 70.2. The zero-order valence-electron chi connectivity index (χ0n) is 32.2. The summed E-state index contributed by atoms with van der Waals surface area (Å²) in [5, 5.41) is 4.14. The highest BCUT2D eigenvalue weighted by Gasteiger charge is 2.24. The van der Waals surface area contributed by atoms with Gasteiger partial charge in [-0.05, 0) is 81.4 Å². The normalized spacial score (nSPS) is 11.6. The molecule has 0 aliphatic rings.